The summed E-state index contributed by atoms with van der Waals surface area (Å²) >= 11 is 8.72. The number of nitrogens with one attached hydrogen (secondary N) is 2. The molecule has 0 aliphatic heterocycles. The first-order valence-electron chi connectivity index (χ1n) is 6.36. The fraction of sp³-hybridized carbons (Fsp3) is 0.462. The van der Waals surface area contributed by atoms with Crippen LogP contribution in [0, 0.1) is 3.95 Å². The normalized spacial score (nSPS) is 17.1. The van der Waals surface area contributed by atoms with E-state index in [2.05, 4.69) is 27.9 Å². The highest BCUT2D eigenvalue weighted by Gasteiger charge is 2.14. The van der Waals surface area contributed by atoms with Gasteiger partial charge in [-0.3, -0.25) is 0 Å². The Morgan fingerprint density at radius 3 is 2.94 bits per heavy atom. The van der Waals surface area contributed by atoms with E-state index in [1.165, 1.54) is 36.8 Å². The Morgan fingerprint density at radius 2 is 2.11 bits per heavy atom. The second kappa shape index (κ2) is 5.63. The number of H-pyrrole nitrogens is 1. The molecule has 0 saturated heterocycles. The van der Waals surface area contributed by atoms with E-state index in [0.29, 0.717) is 0 Å². The maximum Gasteiger partial charge on any atom is 0.159 e. The Bertz CT molecular complexity index is 581. The summed E-state index contributed by atoms with van der Waals surface area (Å²) in [5.74, 6) is 0. The molecule has 5 heteroatoms. The third kappa shape index (κ3) is 2.73. The molecular formula is C13H16N2S3. The molecule has 2 nitrogen and oxygen atoms in total. The molecule has 2 aromatic rings. The Balaban J connectivity index is 1.75. The number of aromatic nitrogens is 1. The third-order valence-electron chi connectivity index (χ3n) is 3.34. The maximum atomic E-state index is 5.21. The average molecular weight is 296 g/mol. The van der Waals surface area contributed by atoms with E-state index < -0.39 is 0 Å². The van der Waals surface area contributed by atoms with Crippen LogP contribution in [0.25, 0.3) is 10.2 Å². The number of hydrogen-bond donors (Lipinski definition) is 2. The van der Waals surface area contributed by atoms with E-state index in [1.54, 1.807) is 11.3 Å². The van der Waals surface area contributed by atoms with Crippen LogP contribution in [0.15, 0.2) is 18.2 Å². The van der Waals surface area contributed by atoms with Gasteiger partial charge in [0.2, 0.25) is 0 Å². The van der Waals surface area contributed by atoms with Gasteiger partial charge in [0.25, 0.3) is 0 Å². The minimum atomic E-state index is 0.760. The summed E-state index contributed by atoms with van der Waals surface area (Å²) in [4.78, 5) is 3.27. The highest BCUT2D eigenvalue weighted by atomic mass is 32.2. The second-order valence-corrected chi connectivity index (χ2v) is 7.50. The van der Waals surface area contributed by atoms with Gasteiger partial charge in [-0.2, -0.15) is 0 Å². The quantitative estimate of drug-likeness (QED) is 0.590. The number of thiazole rings is 1. The average Bonchev–Trinajstić information content (AvgIpc) is 2.78. The molecule has 0 atom stereocenters. The van der Waals surface area contributed by atoms with E-state index in [-0.39, 0.29) is 0 Å². The Hall–Kier alpha value is -0.520. The number of benzene rings is 1. The molecule has 0 amide bonds. The van der Waals surface area contributed by atoms with Gasteiger partial charge in [-0.25, -0.2) is 0 Å². The lowest BCUT2D eigenvalue weighted by Crippen LogP contribution is -2.10. The lowest BCUT2D eigenvalue weighted by Gasteiger charge is -2.21. The van der Waals surface area contributed by atoms with Crippen molar-refractivity contribution in [3.05, 3.63) is 22.2 Å². The number of hydrogen-bond acceptors (Lipinski definition) is 4. The lowest BCUT2D eigenvalue weighted by molar-refractivity contribution is 0.516. The molecule has 0 bridgehead atoms. The number of anilines is 1. The molecule has 3 rings (SSSR count). The van der Waals surface area contributed by atoms with E-state index in [9.17, 15) is 0 Å². The predicted molar refractivity (Wildman–Crippen MR) is 85.1 cm³/mol. The fourth-order valence-corrected chi connectivity index (χ4v) is 4.55. The van der Waals surface area contributed by atoms with Crippen LogP contribution in [0.1, 0.15) is 32.1 Å². The van der Waals surface area contributed by atoms with Crippen molar-refractivity contribution in [2.24, 2.45) is 0 Å². The van der Waals surface area contributed by atoms with Crippen molar-refractivity contribution in [2.45, 2.75) is 37.4 Å². The molecule has 0 radical (unpaired) electrons. The van der Waals surface area contributed by atoms with E-state index in [4.69, 9.17) is 12.2 Å². The van der Waals surface area contributed by atoms with Gasteiger partial charge in [-0.1, -0.05) is 25.3 Å². The van der Waals surface area contributed by atoms with Gasteiger partial charge in [0.15, 0.2) is 3.95 Å². The summed E-state index contributed by atoms with van der Waals surface area (Å²) in [5.41, 5.74) is 2.31. The largest absolute Gasteiger partial charge is 0.335 e. The van der Waals surface area contributed by atoms with Crippen LogP contribution in [0.2, 0.25) is 0 Å². The molecule has 1 aliphatic carbocycles. The van der Waals surface area contributed by atoms with Gasteiger partial charge >= 0.3 is 0 Å². The van der Waals surface area contributed by atoms with Crippen molar-refractivity contribution in [1.29, 1.82) is 0 Å². The maximum absolute atomic E-state index is 5.21. The van der Waals surface area contributed by atoms with Gasteiger partial charge in [-0.05, 0) is 49.1 Å². The van der Waals surface area contributed by atoms with Gasteiger partial charge in [0.1, 0.15) is 0 Å². The minimum absolute atomic E-state index is 0.760. The summed E-state index contributed by atoms with van der Waals surface area (Å²) in [6.45, 7) is 0. The molecule has 0 unspecified atom stereocenters. The summed E-state index contributed by atoms with van der Waals surface area (Å²) in [7, 11) is 0. The monoisotopic (exact) mass is 296 g/mol. The van der Waals surface area contributed by atoms with Crippen molar-refractivity contribution in [3.8, 4) is 0 Å². The molecule has 1 aliphatic rings. The van der Waals surface area contributed by atoms with Crippen LogP contribution in [-0.4, -0.2) is 10.2 Å². The molecule has 1 aromatic heterocycles. The molecule has 18 heavy (non-hydrogen) atoms. The van der Waals surface area contributed by atoms with E-state index in [1.807, 2.05) is 11.9 Å². The third-order valence-corrected chi connectivity index (χ3v) is 5.69. The number of rotatable bonds is 3. The Kier molecular flexibility index (Phi) is 3.91. The van der Waals surface area contributed by atoms with Gasteiger partial charge < -0.3 is 9.71 Å². The van der Waals surface area contributed by atoms with Crippen molar-refractivity contribution < 1.29 is 0 Å². The van der Waals surface area contributed by atoms with Crippen molar-refractivity contribution in [2.75, 3.05) is 4.72 Å². The Morgan fingerprint density at radius 1 is 1.28 bits per heavy atom. The van der Waals surface area contributed by atoms with Crippen molar-refractivity contribution in [3.63, 3.8) is 0 Å². The fourth-order valence-electron chi connectivity index (χ4n) is 2.39. The number of fused-ring (bicyclic) bond motifs is 1. The molecule has 1 aromatic carbocycles. The van der Waals surface area contributed by atoms with Crippen LogP contribution < -0.4 is 4.72 Å². The van der Waals surface area contributed by atoms with Gasteiger partial charge in [0.05, 0.1) is 15.9 Å². The Labute approximate surface area is 120 Å². The minimum Gasteiger partial charge on any atom is -0.335 e. The second-order valence-electron chi connectivity index (χ2n) is 4.67. The highest BCUT2D eigenvalue weighted by Crippen LogP contribution is 2.32. The molecule has 1 fully saturated rings. The zero-order chi connectivity index (χ0) is 12.4. The van der Waals surface area contributed by atoms with E-state index >= 15 is 0 Å². The van der Waals surface area contributed by atoms with Gasteiger partial charge in [0, 0.05) is 5.25 Å². The summed E-state index contributed by atoms with van der Waals surface area (Å²) < 4.78 is 5.60. The van der Waals surface area contributed by atoms with Crippen LogP contribution >= 0.6 is 35.5 Å². The van der Waals surface area contributed by atoms with Crippen LogP contribution in [0.5, 0.6) is 0 Å². The van der Waals surface area contributed by atoms with Gasteiger partial charge in [-0.15, -0.1) is 11.3 Å². The highest BCUT2D eigenvalue weighted by molar-refractivity contribution is 8.01. The van der Waals surface area contributed by atoms with E-state index in [0.717, 1.165) is 20.4 Å². The van der Waals surface area contributed by atoms with Crippen molar-refractivity contribution in [1.82, 2.24) is 4.98 Å². The zero-order valence-corrected chi connectivity index (χ0v) is 12.5. The van der Waals surface area contributed by atoms with Crippen LogP contribution in [0.4, 0.5) is 5.69 Å². The van der Waals surface area contributed by atoms with Crippen LogP contribution in [0.3, 0.4) is 0 Å². The first-order chi connectivity index (χ1) is 8.83. The van der Waals surface area contributed by atoms with Crippen LogP contribution in [-0.2, 0) is 0 Å². The first kappa shape index (κ1) is 12.5. The molecule has 0 spiro atoms. The first-order valence-corrected chi connectivity index (χ1v) is 8.47. The molecule has 1 heterocycles. The summed E-state index contributed by atoms with van der Waals surface area (Å²) in [6.07, 6.45) is 6.85. The zero-order valence-electron chi connectivity index (χ0n) is 10.1. The van der Waals surface area contributed by atoms with Crippen molar-refractivity contribution >= 4 is 51.4 Å². The lowest BCUT2D eigenvalue weighted by atomic mass is 10.0. The summed E-state index contributed by atoms with van der Waals surface area (Å²) in [6, 6.07) is 6.32. The molecule has 96 valence electrons. The number of para-hydroxylation sites is 1. The summed E-state index contributed by atoms with van der Waals surface area (Å²) in [5, 5.41) is 0.760. The SMILES string of the molecule is S=c1[nH]c2c(NSC3CCCCC3)cccc2s1. The molecular weight excluding hydrogens is 280 g/mol. The molecule has 2 N–H and O–H groups in total. The topological polar surface area (TPSA) is 27.8 Å². The standard InChI is InChI=1S/C13H16N2S3/c16-13-14-12-10(7-4-8-11(12)17-13)15-18-9-5-2-1-3-6-9/h4,7-9,15H,1-3,5-6H2,(H,14,16). The predicted octanol–water partition coefficient (Wildman–Crippen LogP) is 5.35. The smallest absolute Gasteiger partial charge is 0.159 e. The molecule has 1 saturated carbocycles. The number of aromatic amines is 1.